The minimum absolute atomic E-state index is 0.0604. The summed E-state index contributed by atoms with van der Waals surface area (Å²) >= 11 is 1.29. The van der Waals surface area contributed by atoms with E-state index in [9.17, 15) is 9.59 Å². The Hall–Kier alpha value is -1.57. The minimum atomic E-state index is -0.913. The second-order valence-electron chi connectivity index (χ2n) is 4.67. The van der Waals surface area contributed by atoms with E-state index in [0.29, 0.717) is 11.6 Å². The van der Waals surface area contributed by atoms with Gasteiger partial charge in [-0.2, -0.15) is 0 Å². The van der Waals surface area contributed by atoms with Crippen LogP contribution in [0.15, 0.2) is 11.5 Å². The molecular weight excluding hydrogens is 280 g/mol. The number of aliphatic carboxylic acids is 1. The van der Waals surface area contributed by atoms with Gasteiger partial charge in [-0.1, -0.05) is 18.7 Å². The van der Waals surface area contributed by atoms with Crippen molar-refractivity contribution in [3.05, 3.63) is 6.33 Å². The van der Waals surface area contributed by atoms with Crippen LogP contribution in [-0.2, 0) is 9.59 Å². The summed E-state index contributed by atoms with van der Waals surface area (Å²) in [4.78, 5) is 22.4. The molecular formula is C12H20N4O3S. The summed E-state index contributed by atoms with van der Waals surface area (Å²) in [5, 5.41) is 19.9. The minimum Gasteiger partial charge on any atom is -0.481 e. The van der Waals surface area contributed by atoms with Crippen molar-refractivity contribution >= 4 is 23.6 Å². The molecule has 0 radical (unpaired) electrons. The number of nitrogens with one attached hydrogen (secondary N) is 1. The molecule has 1 heterocycles. The molecule has 0 bridgehead atoms. The molecule has 0 fully saturated rings. The van der Waals surface area contributed by atoms with Gasteiger partial charge < -0.3 is 15.0 Å². The fourth-order valence-corrected chi connectivity index (χ4v) is 2.45. The van der Waals surface area contributed by atoms with Crippen LogP contribution in [0.25, 0.3) is 0 Å². The normalized spacial score (nSPS) is 12.4. The molecule has 1 aromatic rings. The van der Waals surface area contributed by atoms with Gasteiger partial charge in [-0.15, -0.1) is 10.2 Å². The van der Waals surface area contributed by atoms with Gasteiger partial charge in [0.05, 0.1) is 12.2 Å². The summed E-state index contributed by atoms with van der Waals surface area (Å²) in [7, 11) is 0. The topological polar surface area (TPSA) is 97.1 Å². The lowest BCUT2D eigenvalue weighted by molar-refractivity contribution is -0.137. The van der Waals surface area contributed by atoms with Gasteiger partial charge in [0.2, 0.25) is 5.91 Å². The van der Waals surface area contributed by atoms with Gasteiger partial charge in [-0.05, 0) is 20.3 Å². The summed E-state index contributed by atoms with van der Waals surface area (Å²) in [5.41, 5.74) is 0. The zero-order chi connectivity index (χ0) is 15.1. The summed E-state index contributed by atoms with van der Waals surface area (Å²) in [6.45, 7) is 5.86. The van der Waals surface area contributed by atoms with Crippen molar-refractivity contribution in [2.45, 2.75) is 50.9 Å². The molecule has 0 aromatic carbocycles. The summed E-state index contributed by atoms with van der Waals surface area (Å²) in [6, 6.07) is -0.102. The van der Waals surface area contributed by atoms with Crippen LogP contribution in [0.4, 0.5) is 0 Å². The van der Waals surface area contributed by atoms with E-state index in [1.807, 2.05) is 25.3 Å². The quantitative estimate of drug-likeness (QED) is 0.703. The molecule has 7 nitrogen and oxygen atoms in total. The molecule has 1 aromatic heterocycles. The number of amides is 1. The standard InChI is InChI=1S/C12H20N4O3S/c1-4-9(5-11(18)19)14-10(17)6-20-12-15-13-7-16(12)8(2)3/h7-9H,4-6H2,1-3H3,(H,14,17)(H,18,19). The van der Waals surface area contributed by atoms with Crippen molar-refractivity contribution in [3.8, 4) is 0 Å². The van der Waals surface area contributed by atoms with Crippen molar-refractivity contribution in [2.75, 3.05) is 5.75 Å². The number of aromatic nitrogens is 3. The first kappa shape index (κ1) is 16.5. The summed E-state index contributed by atoms with van der Waals surface area (Å²) in [5.74, 6) is -0.910. The zero-order valence-corrected chi connectivity index (χ0v) is 12.7. The molecule has 0 aliphatic carbocycles. The molecule has 8 heteroatoms. The third kappa shape index (κ3) is 5.20. The smallest absolute Gasteiger partial charge is 0.305 e. The highest BCUT2D eigenvalue weighted by Gasteiger charge is 2.15. The Labute approximate surface area is 122 Å². The molecule has 1 rings (SSSR count). The number of hydrogen-bond acceptors (Lipinski definition) is 5. The lowest BCUT2D eigenvalue weighted by atomic mass is 10.1. The SMILES string of the molecule is CCC(CC(=O)O)NC(=O)CSc1nncn1C(C)C. The third-order valence-electron chi connectivity index (χ3n) is 2.71. The van der Waals surface area contributed by atoms with Gasteiger partial charge in [0.15, 0.2) is 5.16 Å². The van der Waals surface area contributed by atoms with Crippen LogP contribution in [0.1, 0.15) is 39.7 Å². The number of thioether (sulfide) groups is 1. The van der Waals surface area contributed by atoms with Gasteiger partial charge in [0, 0.05) is 12.1 Å². The lowest BCUT2D eigenvalue weighted by Gasteiger charge is -2.14. The summed E-state index contributed by atoms with van der Waals surface area (Å²) < 4.78 is 1.88. The van der Waals surface area contributed by atoms with E-state index < -0.39 is 5.97 Å². The van der Waals surface area contributed by atoms with E-state index in [0.717, 1.165) is 0 Å². The van der Waals surface area contributed by atoms with Crippen LogP contribution in [0.3, 0.4) is 0 Å². The molecule has 20 heavy (non-hydrogen) atoms. The highest BCUT2D eigenvalue weighted by molar-refractivity contribution is 7.99. The van der Waals surface area contributed by atoms with Gasteiger partial charge in [0.25, 0.3) is 0 Å². The van der Waals surface area contributed by atoms with Crippen molar-refractivity contribution < 1.29 is 14.7 Å². The maximum Gasteiger partial charge on any atom is 0.305 e. The maximum absolute atomic E-state index is 11.8. The number of rotatable bonds is 8. The van der Waals surface area contributed by atoms with Crippen molar-refractivity contribution in [3.63, 3.8) is 0 Å². The first-order valence-electron chi connectivity index (χ1n) is 6.47. The van der Waals surface area contributed by atoms with E-state index in [4.69, 9.17) is 5.11 Å². The van der Waals surface area contributed by atoms with Crippen LogP contribution < -0.4 is 5.32 Å². The van der Waals surface area contributed by atoms with Crippen LogP contribution in [0.2, 0.25) is 0 Å². The predicted molar refractivity (Wildman–Crippen MR) is 75.6 cm³/mol. The van der Waals surface area contributed by atoms with Crippen LogP contribution in [-0.4, -0.2) is 43.5 Å². The van der Waals surface area contributed by atoms with Gasteiger partial charge in [-0.25, -0.2) is 0 Å². The Bertz CT molecular complexity index is 461. The van der Waals surface area contributed by atoms with E-state index in [1.54, 1.807) is 6.33 Å². The molecule has 112 valence electrons. The second-order valence-corrected chi connectivity index (χ2v) is 5.62. The molecule has 0 aliphatic heterocycles. The number of hydrogen-bond donors (Lipinski definition) is 2. The van der Waals surface area contributed by atoms with Crippen molar-refractivity contribution in [2.24, 2.45) is 0 Å². The average Bonchev–Trinajstić information content (AvgIpc) is 2.83. The largest absolute Gasteiger partial charge is 0.481 e. The van der Waals surface area contributed by atoms with Gasteiger partial charge in [0.1, 0.15) is 6.33 Å². The number of carboxylic acid groups (broad SMARTS) is 1. The Morgan fingerprint density at radius 3 is 2.75 bits per heavy atom. The molecule has 0 saturated heterocycles. The molecule has 1 atom stereocenters. The maximum atomic E-state index is 11.8. The van der Waals surface area contributed by atoms with E-state index in [1.165, 1.54) is 11.8 Å². The van der Waals surface area contributed by atoms with Crippen LogP contribution >= 0.6 is 11.8 Å². The number of carbonyl (C=O) groups excluding carboxylic acids is 1. The number of nitrogens with zero attached hydrogens (tertiary/aromatic N) is 3. The van der Waals surface area contributed by atoms with Gasteiger partial charge in [-0.3, -0.25) is 9.59 Å². The number of carbonyl (C=O) groups is 2. The van der Waals surface area contributed by atoms with Crippen molar-refractivity contribution in [1.29, 1.82) is 0 Å². The predicted octanol–water partition coefficient (Wildman–Crippen LogP) is 1.32. The van der Waals surface area contributed by atoms with Crippen LogP contribution in [0.5, 0.6) is 0 Å². The average molecular weight is 300 g/mol. The fourth-order valence-electron chi connectivity index (χ4n) is 1.60. The highest BCUT2D eigenvalue weighted by atomic mass is 32.2. The Morgan fingerprint density at radius 2 is 2.20 bits per heavy atom. The second kappa shape index (κ2) is 7.88. The highest BCUT2D eigenvalue weighted by Crippen LogP contribution is 2.18. The van der Waals surface area contributed by atoms with E-state index in [2.05, 4.69) is 15.5 Å². The molecule has 2 N–H and O–H groups in total. The molecule has 0 saturated carbocycles. The molecule has 0 spiro atoms. The number of carboxylic acids is 1. The van der Waals surface area contributed by atoms with E-state index in [-0.39, 0.29) is 30.2 Å². The van der Waals surface area contributed by atoms with Crippen molar-refractivity contribution in [1.82, 2.24) is 20.1 Å². The summed E-state index contributed by atoms with van der Waals surface area (Å²) in [6.07, 6.45) is 2.16. The molecule has 1 amide bonds. The Morgan fingerprint density at radius 1 is 1.50 bits per heavy atom. The molecule has 0 aliphatic rings. The first-order chi connectivity index (χ1) is 9.43. The first-order valence-corrected chi connectivity index (χ1v) is 7.46. The monoisotopic (exact) mass is 300 g/mol. The third-order valence-corrected chi connectivity index (χ3v) is 3.67. The zero-order valence-electron chi connectivity index (χ0n) is 11.9. The van der Waals surface area contributed by atoms with Crippen LogP contribution in [0, 0.1) is 0 Å². The Kier molecular flexibility index (Phi) is 6.50. The fraction of sp³-hybridized carbons (Fsp3) is 0.667. The molecule has 1 unspecified atom stereocenters. The van der Waals surface area contributed by atoms with E-state index >= 15 is 0 Å². The lowest BCUT2D eigenvalue weighted by Crippen LogP contribution is -2.37. The van der Waals surface area contributed by atoms with Gasteiger partial charge >= 0.3 is 5.97 Å². The Balaban J connectivity index is 2.46.